The molecule has 4 nitrogen and oxygen atoms in total. The molecule has 0 fully saturated rings. The molecule has 17 heavy (non-hydrogen) atoms. The minimum Gasteiger partial charge on any atom is -0.399 e. The van der Waals surface area contributed by atoms with Crippen molar-refractivity contribution in [1.82, 2.24) is 14.6 Å². The zero-order valence-electron chi connectivity index (χ0n) is 8.84. The van der Waals surface area contributed by atoms with Crippen molar-refractivity contribution in [2.75, 3.05) is 5.73 Å². The number of nitrogens with two attached hydrogens (primary N) is 1. The predicted molar refractivity (Wildman–Crippen MR) is 67.8 cm³/mol. The highest BCUT2D eigenvalue weighted by Crippen LogP contribution is 2.22. The Morgan fingerprint density at radius 2 is 1.82 bits per heavy atom. The van der Waals surface area contributed by atoms with E-state index in [1.54, 1.807) is 6.07 Å². The molecule has 3 rings (SSSR count). The monoisotopic (exact) mass is 244 g/mol. The number of benzene rings is 1. The molecule has 2 aromatic heterocycles. The van der Waals surface area contributed by atoms with Gasteiger partial charge in [0, 0.05) is 17.4 Å². The molecule has 0 radical (unpaired) electrons. The topological polar surface area (TPSA) is 56.2 Å². The summed E-state index contributed by atoms with van der Waals surface area (Å²) in [6, 6.07) is 11.1. The first-order valence-corrected chi connectivity index (χ1v) is 5.48. The van der Waals surface area contributed by atoms with Crippen molar-refractivity contribution >= 4 is 22.9 Å². The summed E-state index contributed by atoms with van der Waals surface area (Å²) < 4.78 is 1.86. The Bertz CT molecular complexity index is 673. The van der Waals surface area contributed by atoms with Crippen molar-refractivity contribution in [3.05, 3.63) is 47.6 Å². The van der Waals surface area contributed by atoms with Crippen LogP contribution in [-0.2, 0) is 0 Å². The predicted octanol–water partition coefficient (Wildman–Crippen LogP) is 2.63. The van der Waals surface area contributed by atoms with Gasteiger partial charge in [0.05, 0.1) is 5.02 Å². The second kappa shape index (κ2) is 3.75. The molecule has 0 saturated heterocycles. The van der Waals surface area contributed by atoms with Gasteiger partial charge in [-0.2, -0.15) is 0 Å². The first kappa shape index (κ1) is 10.1. The number of anilines is 1. The van der Waals surface area contributed by atoms with Crippen LogP contribution in [0.3, 0.4) is 0 Å². The van der Waals surface area contributed by atoms with E-state index in [0.717, 1.165) is 17.1 Å². The van der Waals surface area contributed by atoms with Gasteiger partial charge in [0.25, 0.3) is 0 Å². The molecule has 0 aliphatic heterocycles. The van der Waals surface area contributed by atoms with Gasteiger partial charge in [-0.25, -0.2) is 0 Å². The summed E-state index contributed by atoms with van der Waals surface area (Å²) >= 11 is 6.04. The van der Waals surface area contributed by atoms with E-state index in [9.17, 15) is 0 Å². The van der Waals surface area contributed by atoms with Crippen LogP contribution in [-0.4, -0.2) is 14.6 Å². The highest BCUT2D eigenvalue weighted by Gasteiger charge is 2.09. The van der Waals surface area contributed by atoms with E-state index >= 15 is 0 Å². The second-order valence-corrected chi connectivity index (χ2v) is 4.10. The van der Waals surface area contributed by atoms with Crippen LogP contribution in [0.25, 0.3) is 17.0 Å². The maximum absolute atomic E-state index is 6.04. The van der Waals surface area contributed by atoms with Gasteiger partial charge in [-0.3, -0.25) is 4.40 Å². The standard InChI is InChI=1S/C12H9ClN4/c13-10-2-1-7-17-11(15-16-12(10)17)8-3-5-9(14)6-4-8/h1-7H,14H2. The second-order valence-electron chi connectivity index (χ2n) is 3.70. The summed E-state index contributed by atoms with van der Waals surface area (Å²) in [5.74, 6) is 0.752. The van der Waals surface area contributed by atoms with Gasteiger partial charge in [-0.15, -0.1) is 10.2 Å². The van der Waals surface area contributed by atoms with Crippen LogP contribution >= 0.6 is 11.6 Å². The van der Waals surface area contributed by atoms with Gasteiger partial charge in [0.15, 0.2) is 11.5 Å². The molecule has 2 N–H and O–H groups in total. The smallest absolute Gasteiger partial charge is 0.179 e. The Balaban J connectivity index is 2.24. The van der Waals surface area contributed by atoms with Crippen LogP contribution in [0.4, 0.5) is 5.69 Å². The molecule has 0 saturated carbocycles. The lowest BCUT2D eigenvalue weighted by atomic mass is 10.2. The first-order chi connectivity index (χ1) is 8.25. The molecule has 0 aliphatic carbocycles. The van der Waals surface area contributed by atoms with Crippen LogP contribution < -0.4 is 5.73 Å². The third-order valence-electron chi connectivity index (χ3n) is 2.56. The number of nitrogen functional groups attached to an aromatic ring is 1. The average molecular weight is 245 g/mol. The molecule has 0 bridgehead atoms. The Kier molecular flexibility index (Phi) is 2.23. The number of rotatable bonds is 1. The Labute approximate surface area is 103 Å². The number of hydrogen-bond acceptors (Lipinski definition) is 3. The van der Waals surface area contributed by atoms with Crippen LogP contribution in [0.15, 0.2) is 42.6 Å². The molecule has 1 aromatic carbocycles. The maximum atomic E-state index is 6.04. The summed E-state index contributed by atoms with van der Waals surface area (Å²) in [5, 5.41) is 8.80. The van der Waals surface area contributed by atoms with Gasteiger partial charge >= 0.3 is 0 Å². The van der Waals surface area contributed by atoms with E-state index in [0.29, 0.717) is 10.7 Å². The van der Waals surface area contributed by atoms with Crippen molar-refractivity contribution in [1.29, 1.82) is 0 Å². The van der Waals surface area contributed by atoms with Crippen LogP contribution in [0.2, 0.25) is 5.02 Å². The number of fused-ring (bicyclic) bond motifs is 1. The van der Waals surface area contributed by atoms with Crippen molar-refractivity contribution in [2.24, 2.45) is 0 Å². The number of nitrogens with zero attached hydrogens (tertiary/aromatic N) is 3. The van der Waals surface area contributed by atoms with Crippen molar-refractivity contribution in [2.45, 2.75) is 0 Å². The van der Waals surface area contributed by atoms with Gasteiger partial charge in [0.2, 0.25) is 0 Å². The van der Waals surface area contributed by atoms with Crippen LogP contribution in [0.1, 0.15) is 0 Å². The highest BCUT2D eigenvalue weighted by atomic mass is 35.5. The zero-order chi connectivity index (χ0) is 11.8. The third-order valence-corrected chi connectivity index (χ3v) is 2.85. The van der Waals surface area contributed by atoms with Crippen molar-refractivity contribution in [3.8, 4) is 11.4 Å². The number of pyridine rings is 1. The fraction of sp³-hybridized carbons (Fsp3) is 0. The van der Waals surface area contributed by atoms with E-state index in [1.807, 2.05) is 40.9 Å². The van der Waals surface area contributed by atoms with Gasteiger partial charge in [-0.05, 0) is 36.4 Å². The lowest BCUT2D eigenvalue weighted by Crippen LogP contribution is -1.90. The molecule has 2 heterocycles. The first-order valence-electron chi connectivity index (χ1n) is 5.11. The SMILES string of the molecule is Nc1ccc(-c2nnc3c(Cl)cccn23)cc1. The molecule has 84 valence electrons. The summed E-state index contributed by atoms with van der Waals surface area (Å²) in [6.45, 7) is 0. The molecule has 0 aliphatic rings. The van der Waals surface area contributed by atoms with Crippen LogP contribution in [0, 0.1) is 0 Å². The summed E-state index contributed by atoms with van der Waals surface area (Å²) in [6.07, 6.45) is 1.88. The Morgan fingerprint density at radius 1 is 1.06 bits per heavy atom. The summed E-state index contributed by atoms with van der Waals surface area (Å²) in [7, 11) is 0. The highest BCUT2D eigenvalue weighted by molar-refractivity contribution is 6.33. The Morgan fingerprint density at radius 3 is 2.59 bits per heavy atom. The summed E-state index contributed by atoms with van der Waals surface area (Å²) in [4.78, 5) is 0. The van der Waals surface area contributed by atoms with E-state index < -0.39 is 0 Å². The molecule has 0 atom stereocenters. The van der Waals surface area contributed by atoms with Gasteiger partial charge in [-0.1, -0.05) is 11.6 Å². The van der Waals surface area contributed by atoms with E-state index in [1.165, 1.54) is 0 Å². The molecule has 0 unspecified atom stereocenters. The largest absolute Gasteiger partial charge is 0.399 e. The fourth-order valence-corrected chi connectivity index (χ4v) is 1.91. The lowest BCUT2D eigenvalue weighted by molar-refractivity contribution is 1.11. The Hall–Kier alpha value is -2.07. The van der Waals surface area contributed by atoms with Gasteiger partial charge < -0.3 is 5.73 Å². The maximum Gasteiger partial charge on any atom is 0.179 e. The van der Waals surface area contributed by atoms with Crippen LogP contribution in [0.5, 0.6) is 0 Å². The minimum atomic E-state index is 0.585. The molecule has 0 spiro atoms. The fourth-order valence-electron chi connectivity index (χ4n) is 1.71. The molecular formula is C12H9ClN4. The quantitative estimate of drug-likeness (QED) is 0.670. The zero-order valence-corrected chi connectivity index (χ0v) is 9.59. The summed E-state index contributed by atoms with van der Waals surface area (Å²) in [5.41, 5.74) is 7.98. The average Bonchev–Trinajstić information content (AvgIpc) is 2.75. The molecule has 5 heteroatoms. The van der Waals surface area contributed by atoms with Crippen molar-refractivity contribution in [3.63, 3.8) is 0 Å². The van der Waals surface area contributed by atoms with E-state index in [4.69, 9.17) is 17.3 Å². The molecular weight excluding hydrogens is 236 g/mol. The minimum absolute atomic E-state index is 0.585. The lowest BCUT2D eigenvalue weighted by Gasteiger charge is -2.00. The van der Waals surface area contributed by atoms with Crippen molar-refractivity contribution < 1.29 is 0 Å². The van der Waals surface area contributed by atoms with E-state index in [-0.39, 0.29) is 0 Å². The van der Waals surface area contributed by atoms with E-state index in [2.05, 4.69) is 10.2 Å². The van der Waals surface area contributed by atoms with Gasteiger partial charge in [0.1, 0.15) is 0 Å². The normalized spacial score (nSPS) is 10.9. The third kappa shape index (κ3) is 1.62. The molecule has 0 amide bonds. The molecule has 3 aromatic rings. The number of aromatic nitrogens is 3. The number of hydrogen-bond donors (Lipinski definition) is 1. The number of halogens is 1.